The molecule has 0 radical (unpaired) electrons. The number of sulfonamides is 1. The molecule has 1 aliphatic heterocycles. The number of aromatic nitrogens is 1. The Kier molecular flexibility index (Phi) is 4.40. The van der Waals surface area contributed by atoms with Crippen molar-refractivity contribution in [2.45, 2.75) is 31.1 Å². The minimum atomic E-state index is -3.39. The first kappa shape index (κ1) is 14.0. The van der Waals surface area contributed by atoms with Crippen molar-refractivity contribution in [3.05, 3.63) is 22.9 Å². The van der Waals surface area contributed by atoms with Crippen LogP contribution in [0, 0.1) is 5.92 Å². The number of pyridine rings is 1. The summed E-state index contributed by atoms with van der Waals surface area (Å²) < 4.78 is 27.2. The fourth-order valence-electron chi connectivity index (χ4n) is 2.26. The molecule has 1 saturated heterocycles. The lowest BCUT2D eigenvalue weighted by atomic mass is 9.97. The van der Waals surface area contributed by atoms with E-state index in [1.54, 1.807) is 16.6 Å². The maximum absolute atomic E-state index is 12.5. The van der Waals surface area contributed by atoms with Crippen LogP contribution in [0.25, 0.3) is 0 Å². The second-order valence-electron chi connectivity index (χ2n) is 4.62. The highest BCUT2D eigenvalue weighted by Gasteiger charge is 2.29. The molecule has 0 aliphatic carbocycles. The molecule has 1 aromatic heterocycles. The maximum atomic E-state index is 12.5. The molecular formula is C12H17BrN2O2S. The Labute approximate surface area is 117 Å². The van der Waals surface area contributed by atoms with E-state index in [4.69, 9.17) is 0 Å². The summed E-state index contributed by atoms with van der Waals surface area (Å²) >= 11 is 3.26. The van der Waals surface area contributed by atoms with Crippen LogP contribution in [0.15, 0.2) is 27.8 Å². The number of hydrogen-bond donors (Lipinski definition) is 0. The molecule has 18 heavy (non-hydrogen) atoms. The quantitative estimate of drug-likeness (QED) is 0.854. The molecule has 4 nitrogen and oxygen atoms in total. The fraction of sp³-hybridized carbons (Fsp3) is 0.583. The van der Waals surface area contributed by atoms with Gasteiger partial charge in [0, 0.05) is 30.0 Å². The first-order valence-corrected chi connectivity index (χ1v) is 8.38. The van der Waals surface area contributed by atoms with Gasteiger partial charge >= 0.3 is 0 Å². The lowest BCUT2D eigenvalue weighted by molar-refractivity contribution is 0.261. The Balaban J connectivity index is 2.25. The van der Waals surface area contributed by atoms with E-state index in [1.165, 1.54) is 6.20 Å². The molecule has 0 amide bonds. The summed E-state index contributed by atoms with van der Waals surface area (Å²) in [5, 5.41) is 0. The highest BCUT2D eigenvalue weighted by atomic mass is 79.9. The molecule has 1 atom stereocenters. The Morgan fingerprint density at radius 1 is 1.50 bits per heavy atom. The molecule has 2 rings (SSSR count). The number of piperidine rings is 1. The monoisotopic (exact) mass is 332 g/mol. The van der Waals surface area contributed by atoms with Gasteiger partial charge in [0.1, 0.15) is 4.90 Å². The highest BCUT2D eigenvalue weighted by molar-refractivity contribution is 9.10. The van der Waals surface area contributed by atoms with E-state index in [-0.39, 0.29) is 4.90 Å². The zero-order valence-electron chi connectivity index (χ0n) is 10.3. The Morgan fingerprint density at radius 2 is 2.28 bits per heavy atom. The molecular weight excluding hydrogens is 316 g/mol. The number of rotatable bonds is 3. The molecule has 6 heteroatoms. The van der Waals surface area contributed by atoms with Gasteiger partial charge in [-0.1, -0.05) is 13.3 Å². The molecule has 0 bridgehead atoms. The molecule has 0 N–H and O–H groups in total. The third kappa shape index (κ3) is 2.92. The van der Waals surface area contributed by atoms with Gasteiger partial charge < -0.3 is 0 Å². The maximum Gasteiger partial charge on any atom is 0.244 e. The predicted molar refractivity (Wildman–Crippen MR) is 73.7 cm³/mol. The fourth-order valence-corrected chi connectivity index (χ4v) is 4.32. The van der Waals surface area contributed by atoms with Crippen molar-refractivity contribution in [2.75, 3.05) is 13.1 Å². The summed E-state index contributed by atoms with van der Waals surface area (Å²) in [6.45, 7) is 3.36. The molecule has 1 aliphatic rings. The van der Waals surface area contributed by atoms with Crippen molar-refractivity contribution in [3.8, 4) is 0 Å². The third-order valence-electron chi connectivity index (χ3n) is 3.38. The first-order valence-electron chi connectivity index (χ1n) is 6.14. The summed E-state index contributed by atoms with van der Waals surface area (Å²) in [7, 11) is -3.39. The van der Waals surface area contributed by atoms with Crippen molar-refractivity contribution in [3.63, 3.8) is 0 Å². The standard InChI is InChI=1S/C12H17BrN2O2S/c1-2-10-4-3-5-15(9-10)18(16,17)12-6-11(13)7-14-8-12/h6-8,10H,2-5,9H2,1H3. The first-order chi connectivity index (χ1) is 8.54. The van der Waals surface area contributed by atoms with Crippen LogP contribution in [0.1, 0.15) is 26.2 Å². The van der Waals surface area contributed by atoms with Gasteiger partial charge in [-0.2, -0.15) is 4.31 Å². The Bertz CT molecular complexity index is 519. The van der Waals surface area contributed by atoms with Crippen LogP contribution in [0.5, 0.6) is 0 Å². The molecule has 1 unspecified atom stereocenters. The Morgan fingerprint density at radius 3 is 2.94 bits per heavy atom. The average molecular weight is 333 g/mol. The predicted octanol–water partition coefficient (Wildman–Crippen LogP) is 2.65. The molecule has 100 valence electrons. The van der Waals surface area contributed by atoms with E-state index in [1.807, 2.05) is 0 Å². The van der Waals surface area contributed by atoms with Gasteiger partial charge in [0.05, 0.1) is 0 Å². The van der Waals surface area contributed by atoms with Gasteiger partial charge in [-0.3, -0.25) is 4.98 Å². The lowest BCUT2D eigenvalue weighted by Crippen LogP contribution is -2.39. The number of halogens is 1. The van der Waals surface area contributed by atoms with E-state index in [0.717, 1.165) is 19.3 Å². The van der Waals surface area contributed by atoms with Crippen LogP contribution >= 0.6 is 15.9 Å². The lowest BCUT2D eigenvalue weighted by Gasteiger charge is -2.31. The van der Waals surface area contributed by atoms with Crippen LogP contribution in [0.3, 0.4) is 0 Å². The highest BCUT2D eigenvalue weighted by Crippen LogP contribution is 2.25. The van der Waals surface area contributed by atoms with E-state index < -0.39 is 10.0 Å². The Hall–Kier alpha value is -0.460. The van der Waals surface area contributed by atoms with Gasteiger partial charge in [-0.25, -0.2) is 8.42 Å². The topological polar surface area (TPSA) is 50.3 Å². The van der Waals surface area contributed by atoms with Gasteiger partial charge in [-0.05, 0) is 40.8 Å². The van der Waals surface area contributed by atoms with E-state index in [9.17, 15) is 8.42 Å². The van der Waals surface area contributed by atoms with Gasteiger partial charge in [0.2, 0.25) is 10.0 Å². The van der Waals surface area contributed by atoms with Crippen molar-refractivity contribution < 1.29 is 8.42 Å². The van der Waals surface area contributed by atoms with Crippen molar-refractivity contribution in [1.82, 2.24) is 9.29 Å². The number of hydrogen-bond acceptors (Lipinski definition) is 3. The minimum absolute atomic E-state index is 0.272. The van der Waals surface area contributed by atoms with E-state index in [2.05, 4.69) is 27.8 Å². The summed E-state index contributed by atoms with van der Waals surface area (Å²) in [6.07, 6.45) is 6.10. The van der Waals surface area contributed by atoms with Crippen molar-refractivity contribution in [2.24, 2.45) is 5.92 Å². The normalized spacial score (nSPS) is 22.0. The second-order valence-corrected chi connectivity index (χ2v) is 7.47. The second kappa shape index (κ2) is 5.67. The molecule has 2 heterocycles. The smallest absolute Gasteiger partial charge is 0.244 e. The third-order valence-corrected chi connectivity index (χ3v) is 5.64. The zero-order chi connectivity index (χ0) is 13.2. The minimum Gasteiger partial charge on any atom is -0.262 e. The molecule has 1 fully saturated rings. The summed E-state index contributed by atoms with van der Waals surface area (Å²) in [4.78, 5) is 4.20. The van der Waals surface area contributed by atoms with Crippen molar-refractivity contribution >= 4 is 26.0 Å². The van der Waals surface area contributed by atoms with Gasteiger partial charge in [0.25, 0.3) is 0 Å². The van der Waals surface area contributed by atoms with Crippen LogP contribution in [-0.2, 0) is 10.0 Å². The van der Waals surface area contributed by atoms with Crippen LogP contribution < -0.4 is 0 Å². The summed E-state index contributed by atoms with van der Waals surface area (Å²) in [5.41, 5.74) is 0. The molecule has 0 spiro atoms. The van der Waals surface area contributed by atoms with Gasteiger partial charge in [0.15, 0.2) is 0 Å². The molecule has 0 saturated carbocycles. The molecule has 0 aromatic carbocycles. The summed E-state index contributed by atoms with van der Waals surface area (Å²) in [6, 6.07) is 1.61. The van der Waals surface area contributed by atoms with E-state index in [0.29, 0.717) is 23.5 Å². The van der Waals surface area contributed by atoms with Gasteiger partial charge in [-0.15, -0.1) is 0 Å². The van der Waals surface area contributed by atoms with Crippen LogP contribution in [0.4, 0.5) is 0 Å². The zero-order valence-corrected chi connectivity index (χ0v) is 12.7. The largest absolute Gasteiger partial charge is 0.262 e. The average Bonchev–Trinajstić information content (AvgIpc) is 2.39. The number of nitrogens with zero attached hydrogens (tertiary/aromatic N) is 2. The van der Waals surface area contributed by atoms with Crippen LogP contribution in [-0.4, -0.2) is 30.8 Å². The SMILES string of the molecule is CCC1CCCN(S(=O)(=O)c2cncc(Br)c2)C1. The van der Waals surface area contributed by atoms with Crippen LogP contribution in [0.2, 0.25) is 0 Å². The van der Waals surface area contributed by atoms with E-state index >= 15 is 0 Å². The van der Waals surface area contributed by atoms with Crippen molar-refractivity contribution in [1.29, 1.82) is 0 Å². The molecule has 1 aromatic rings. The summed E-state index contributed by atoms with van der Waals surface area (Å²) in [5.74, 6) is 0.480.